The molecule has 0 unspecified atom stereocenters. The summed E-state index contributed by atoms with van der Waals surface area (Å²) in [6, 6.07) is 16.3. The molecule has 1 aliphatic heterocycles. The molecule has 40 heavy (non-hydrogen) atoms. The number of nitrogens with zero attached hydrogens (tertiary/aromatic N) is 1. The third-order valence-electron chi connectivity index (χ3n) is 6.94. The topological polar surface area (TPSA) is 130 Å². The van der Waals surface area contributed by atoms with E-state index in [2.05, 4.69) is 10.6 Å². The van der Waals surface area contributed by atoms with Crippen LogP contribution in [-0.4, -0.2) is 53.2 Å². The highest BCUT2D eigenvalue weighted by molar-refractivity contribution is 6.16. The average molecular weight is 546 g/mol. The average Bonchev–Trinajstić information content (AvgIpc) is 3.12. The largest absolute Gasteiger partial charge is 0.348 e. The summed E-state index contributed by atoms with van der Waals surface area (Å²) < 4.78 is 0. The summed E-state index contributed by atoms with van der Waals surface area (Å²) in [5.41, 5.74) is 1.48. The molecule has 4 atom stereocenters. The van der Waals surface area contributed by atoms with Gasteiger partial charge in [-0.3, -0.25) is 33.7 Å². The number of rotatable bonds is 12. The van der Waals surface area contributed by atoms with E-state index in [1.165, 1.54) is 20.0 Å². The molecule has 1 heterocycles. The number of hydrogen-bond acceptors (Lipinski definition) is 6. The molecule has 0 bridgehead atoms. The molecule has 2 N–H and O–H groups in total. The van der Waals surface area contributed by atoms with Gasteiger partial charge in [0.05, 0.1) is 30.8 Å². The predicted molar refractivity (Wildman–Crippen MR) is 149 cm³/mol. The lowest BCUT2D eigenvalue weighted by Gasteiger charge is -2.26. The van der Waals surface area contributed by atoms with E-state index in [0.717, 1.165) is 10.5 Å². The third kappa shape index (κ3) is 7.59. The van der Waals surface area contributed by atoms with Crippen molar-refractivity contribution in [3.63, 3.8) is 0 Å². The summed E-state index contributed by atoms with van der Waals surface area (Å²) in [7, 11) is 1.34. The fourth-order valence-electron chi connectivity index (χ4n) is 4.68. The van der Waals surface area contributed by atoms with Gasteiger partial charge in [0, 0.05) is 7.05 Å². The maximum absolute atomic E-state index is 13.3. The summed E-state index contributed by atoms with van der Waals surface area (Å²) in [6.07, 6.45) is 2.37. The van der Waals surface area contributed by atoms with Gasteiger partial charge in [-0.05, 0) is 23.1 Å². The van der Waals surface area contributed by atoms with Gasteiger partial charge in [-0.2, -0.15) is 0 Å². The SMILES string of the molecule is CC(C)[C@H](NC(=O)C[C@H](NC(=O)CC(=O)/C=C/c1ccccc1)c1ccccc1)C(=O)[C@@H]1C(=O)N(C)C(=O)[C@H]1C. The number of hydrogen-bond donors (Lipinski definition) is 2. The molecule has 9 nitrogen and oxygen atoms in total. The molecule has 9 heteroatoms. The third-order valence-corrected chi connectivity index (χ3v) is 6.94. The van der Waals surface area contributed by atoms with Gasteiger partial charge in [-0.15, -0.1) is 0 Å². The molecule has 2 aromatic carbocycles. The Kier molecular flexibility index (Phi) is 10.2. The van der Waals surface area contributed by atoms with Gasteiger partial charge >= 0.3 is 0 Å². The smallest absolute Gasteiger partial charge is 0.240 e. The predicted octanol–water partition coefficient (Wildman–Crippen LogP) is 2.87. The van der Waals surface area contributed by atoms with E-state index in [1.807, 2.05) is 30.3 Å². The quantitative estimate of drug-likeness (QED) is 0.240. The summed E-state index contributed by atoms with van der Waals surface area (Å²) in [5.74, 6) is -5.32. The zero-order valence-electron chi connectivity index (χ0n) is 23.1. The van der Waals surface area contributed by atoms with Gasteiger partial charge < -0.3 is 10.6 Å². The minimum absolute atomic E-state index is 0.201. The monoisotopic (exact) mass is 545 g/mol. The van der Waals surface area contributed by atoms with Crippen LogP contribution in [0.15, 0.2) is 66.7 Å². The van der Waals surface area contributed by atoms with Crippen LogP contribution in [0.25, 0.3) is 6.08 Å². The van der Waals surface area contributed by atoms with Crippen LogP contribution in [0.5, 0.6) is 0 Å². The molecular weight excluding hydrogens is 510 g/mol. The highest BCUT2D eigenvalue weighted by Gasteiger charge is 2.49. The summed E-state index contributed by atoms with van der Waals surface area (Å²) >= 11 is 0. The maximum atomic E-state index is 13.3. The molecular formula is C31H35N3O6. The molecule has 4 amide bonds. The summed E-state index contributed by atoms with van der Waals surface area (Å²) in [6.45, 7) is 5.01. The van der Waals surface area contributed by atoms with Crippen molar-refractivity contribution in [2.45, 2.75) is 45.7 Å². The number of imide groups is 1. The van der Waals surface area contributed by atoms with E-state index in [1.54, 1.807) is 50.3 Å². The molecule has 0 aliphatic carbocycles. The first-order chi connectivity index (χ1) is 19.0. The second-order valence-corrected chi connectivity index (χ2v) is 10.3. The first kappa shape index (κ1) is 30.1. The Balaban J connectivity index is 1.69. The second kappa shape index (κ2) is 13.6. The van der Waals surface area contributed by atoms with Crippen LogP contribution in [0.4, 0.5) is 0 Å². The van der Waals surface area contributed by atoms with E-state index in [0.29, 0.717) is 5.56 Å². The van der Waals surface area contributed by atoms with E-state index in [9.17, 15) is 28.8 Å². The zero-order valence-corrected chi connectivity index (χ0v) is 23.1. The Hall–Kier alpha value is -4.40. The van der Waals surface area contributed by atoms with Crippen LogP contribution in [-0.2, 0) is 28.8 Å². The van der Waals surface area contributed by atoms with Crippen molar-refractivity contribution in [2.24, 2.45) is 17.8 Å². The number of nitrogens with one attached hydrogen (secondary N) is 2. The maximum Gasteiger partial charge on any atom is 0.240 e. The molecule has 0 aromatic heterocycles. The number of Topliss-reactive ketones (excluding diaryl/α,β-unsaturated/α-hetero) is 1. The van der Waals surface area contributed by atoms with Crippen molar-refractivity contribution >= 4 is 41.3 Å². The highest BCUT2D eigenvalue weighted by Crippen LogP contribution is 2.28. The number of allylic oxidation sites excluding steroid dienone is 1. The first-order valence-corrected chi connectivity index (χ1v) is 13.2. The van der Waals surface area contributed by atoms with Gasteiger partial charge in [0.1, 0.15) is 5.92 Å². The molecule has 3 rings (SSSR count). The lowest BCUT2D eigenvalue weighted by atomic mass is 9.85. The fourth-order valence-corrected chi connectivity index (χ4v) is 4.68. The second-order valence-electron chi connectivity index (χ2n) is 10.3. The van der Waals surface area contributed by atoms with Crippen molar-refractivity contribution in [3.05, 3.63) is 77.9 Å². The number of carbonyl (C=O) groups excluding carboxylic acids is 6. The molecule has 1 fully saturated rings. The Morgan fingerprint density at radius 3 is 2.02 bits per heavy atom. The van der Waals surface area contributed by atoms with Gasteiger partial charge in [0.15, 0.2) is 11.6 Å². The Morgan fingerprint density at radius 2 is 1.48 bits per heavy atom. The van der Waals surface area contributed by atoms with E-state index in [-0.39, 0.29) is 12.3 Å². The Morgan fingerprint density at radius 1 is 0.875 bits per heavy atom. The standard InChI is InChI=1S/C31H35N3O6/c1-19(2)28(29(38)27-20(3)30(39)34(4)31(27)40)33-26(37)18-24(22-13-9-6-10-14-22)32-25(36)17-23(35)16-15-21-11-7-5-8-12-21/h5-16,19-20,24,27-28H,17-18H2,1-4H3,(H,32,36)(H,33,37)/b16-15+/t20-,24-,27+,28-/m0/s1. The Labute approximate surface area is 234 Å². The minimum Gasteiger partial charge on any atom is -0.348 e. The number of carbonyl (C=O) groups is 6. The number of benzene rings is 2. The van der Waals surface area contributed by atoms with Crippen LogP contribution < -0.4 is 10.6 Å². The van der Waals surface area contributed by atoms with Gasteiger partial charge in [-0.25, -0.2) is 0 Å². The molecule has 0 radical (unpaired) electrons. The van der Waals surface area contributed by atoms with Crippen molar-refractivity contribution in [1.82, 2.24) is 15.5 Å². The number of likely N-dealkylation sites (tertiary alicyclic amines) is 1. The molecule has 1 aliphatic rings. The van der Waals surface area contributed by atoms with Crippen LogP contribution in [0.2, 0.25) is 0 Å². The number of amides is 4. The van der Waals surface area contributed by atoms with Crippen LogP contribution in [0.1, 0.15) is 50.8 Å². The van der Waals surface area contributed by atoms with E-state index >= 15 is 0 Å². The first-order valence-electron chi connectivity index (χ1n) is 13.2. The van der Waals surface area contributed by atoms with Crippen molar-refractivity contribution in [2.75, 3.05) is 7.05 Å². The molecule has 2 aromatic rings. The normalized spacial score (nSPS) is 18.6. The molecule has 0 saturated carbocycles. The van der Waals surface area contributed by atoms with E-state index < -0.39 is 65.5 Å². The lowest BCUT2D eigenvalue weighted by molar-refractivity contribution is -0.141. The zero-order chi connectivity index (χ0) is 29.4. The Bertz CT molecular complexity index is 1290. The van der Waals surface area contributed by atoms with Gasteiger partial charge in [-0.1, -0.05) is 87.5 Å². The summed E-state index contributed by atoms with van der Waals surface area (Å²) in [5, 5.41) is 5.48. The lowest BCUT2D eigenvalue weighted by Crippen LogP contribution is -2.49. The van der Waals surface area contributed by atoms with Crippen molar-refractivity contribution in [3.8, 4) is 0 Å². The van der Waals surface area contributed by atoms with Crippen molar-refractivity contribution < 1.29 is 28.8 Å². The molecule has 1 saturated heterocycles. The molecule has 0 spiro atoms. The molecule has 210 valence electrons. The van der Waals surface area contributed by atoms with E-state index in [4.69, 9.17) is 0 Å². The van der Waals surface area contributed by atoms with Crippen molar-refractivity contribution in [1.29, 1.82) is 0 Å². The minimum atomic E-state index is -1.16. The number of ketones is 2. The van der Waals surface area contributed by atoms with Crippen LogP contribution in [0, 0.1) is 17.8 Å². The van der Waals surface area contributed by atoms with Gasteiger partial charge in [0.25, 0.3) is 0 Å². The van der Waals surface area contributed by atoms with Gasteiger partial charge in [0.2, 0.25) is 23.6 Å². The highest BCUT2D eigenvalue weighted by atomic mass is 16.2. The fraction of sp³-hybridized carbons (Fsp3) is 0.355. The summed E-state index contributed by atoms with van der Waals surface area (Å²) in [4.78, 5) is 77.4. The van der Waals surface area contributed by atoms with Crippen LogP contribution >= 0.6 is 0 Å². The van der Waals surface area contributed by atoms with Crippen LogP contribution in [0.3, 0.4) is 0 Å².